The van der Waals surface area contributed by atoms with Crippen LogP contribution in [0.5, 0.6) is 0 Å². The van der Waals surface area contributed by atoms with E-state index in [-0.39, 0.29) is 0 Å². The maximum atomic E-state index is 4.97. The molecule has 0 saturated carbocycles. The second-order valence-electron chi connectivity index (χ2n) is 3.94. The van der Waals surface area contributed by atoms with E-state index in [9.17, 15) is 0 Å². The van der Waals surface area contributed by atoms with Crippen molar-refractivity contribution in [3.8, 4) is 0 Å². The fourth-order valence-corrected chi connectivity index (χ4v) is 1.93. The van der Waals surface area contributed by atoms with Crippen LogP contribution in [0, 0.1) is 0 Å². The topological polar surface area (TPSA) is 54.2 Å². The first-order chi connectivity index (χ1) is 7.38. The van der Waals surface area contributed by atoms with Gasteiger partial charge in [-0.3, -0.25) is 0 Å². The third-order valence-corrected chi connectivity index (χ3v) is 2.88. The minimum atomic E-state index is 0.640. The molecule has 1 aromatic heterocycles. The molecule has 84 valence electrons. The zero-order valence-corrected chi connectivity index (χ0v) is 9.15. The molecule has 0 aromatic carbocycles. The second-order valence-corrected chi connectivity index (χ2v) is 3.94. The lowest BCUT2D eigenvalue weighted by Crippen LogP contribution is -2.50. The minimum Gasteiger partial charge on any atom is -0.340 e. The summed E-state index contributed by atoms with van der Waals surface area (Å²) < 4.78 is 4.97. The average molecular weight is 210 g/mol. The van der Waals surface area contributed by atoms with E-state index in [1.807, 2.05) is 0 Å². The maximum Gasteiger partial charge on any atom is 0.227 e. The van der Waals surface area contributed by atoms with Crippen LogP contribution in [0.1, 0.15) is 19.2 Å². The van der Waals surface area contributed by atoms with E-state index in [4.69, 9.17) is 4.52 Å². The quantitative estimate of drug-likeness (QED) is 0.774. The molecule has 0 radical (unpaired) electrons. The van der Waals surface area contributed by atoms with Crippen molar-refractivity contribution in [2.24, 2.45) is 0 Å². The molecule has 5 nitrogen and oxygen atoms in total. The molecule has 15 heavy (non-hydrogen) atoms. The summed E-state index contributed by atoms with van der Waals surface area (Å²) in [4.78, 5) is 6.47. The molecule has 1 atom stereocenters. The molecule has 1 aromatic rings. The molecule has 0 spiro atoms. The highest BCUT2D eigenvalue weighted by Crippen LogP contribution is 2.03. The molecule has 0 aliphatic carbocycles. The van der Waals surface area contributed by atoms with E-state index in [2.05, 4.69) is 27.3 Å². The Morgan fingerprint density at radius 1 is 1.67 bits per heavy atom. The molecule has 1 fully saturated rings. The van der Waals surface area contributed by atoms with Crippen LogP contribution < -0.4 is 5.32 Å². The van der Waals surface area contributed by atoms with Gasteiger partial charge in [-0.1, -0.05) is 12.1 Å². The Labute approximate surface area is 89.8 Å². The van der Waals surface area contributed by atoms with Gasteiger partial charge in [0.05, 0.1) is 0 Å². The van der Waals surface area contributed by atoms with Crippen LogP contribution in [-0.4, -0.2) is 47.3 Å². The normalized spacial score (nSPS) is 23.1. The highest BCUT2D eigenvalue weighted by atomic mass is 16.5. The highest BCUT2D eigenvalue weighted by Gasteiger charge is 2.17. The van der Waals surface area contributed by atoms with Gasteiger partial charge in [-0.25, -0.2) is 0 Å². The van der Waals surface area contributed by atoms with E-state index in [1.165, 1.54) is 12.7 Å². The Morgan fingerprint density at radius 2 is 2.60 bits per heavy atom. The third kappa shape index (κ3) is 3.00. The number of rotatable bonds is 4. The van der Waals surface area contributed by atoms with Crippen LogP contribution in [-0.2, 0) is 6.42 Å². The van der Waals surface area contributed by atoms with Gasteiger partial charge in [0.2, 0.25) is 5.89 Å². The fourth-order valence-electron chi connectivity index (χ4n) is 1.93. The van der Waals surface area contributed by atoms with Crippen LogP contribution in [0.2, 0.25) is 0 Å². The molecule has 0 bridgehead atoms. The van der Waals surface area contributed by atoms with Crippen LogP contribution >= 0.6 is 0 Å². The Balaban J connectivity index is 1.74. The van der Waals surface area contributed by atoms with Crippen molar-refractivity contribution >= 4 is 0 Å². The fraction of sp³-hybridized carbons (Fsp3) is 0.800. The van der Waals surface area contributed by atoms with Crippen molar-refractivity contribution in [2.45, 2.75) is 25.8 Å². The van der Waals surface area contributed by atoms with Crippen molar-refractivity contribution in [2.75, 3.05) is 26.2 Å². The minimum absolute atomic E-state index is 0.640. The van der Waals surface area contributed by atoms with Crippen molar-refractivity contribution < 1.29 is 4.52 Å². The first kappa shape index (κ1) is 10.6. The van der Waals surface area contributed by atoms with Crippen molar-refractivity contribution in [1.82, 2.24) is 20.4 Å². The van der Waals surface area contributed by atoms with Gasteiger partial charge >= 0.3 is 0 Å². The summed E-state index contributed by atoms with van der Waals surface area (Å²) in [6, 6.07) is 0.640. The lowest BCUT2D eigenvalue weighted by atomic mass is 10.1. The first-order valence-electron chi connectivity index (χ1n) is 5.59. The van der Waals surface area contributed by atoms with Crippen LogP contribution in [0.15, 0.2) is 10.9 Å². The summed E-state index contributed by atoms with van der Waals surface area (Å²) in [5, 5.41) is 7.10. The second kappa shape index (κ2) is 5.23. The van der Waals surface area contributed by atoms with Crippen molar-refractivity contribution in [3.05, 3.63) is 12.2 Å². The SMILES string of the molecule is CCC1CN(CCc2ncno2)CCN1. The first-order valence-corrected chi connectivity index (χ1v) is 5.59. The Morgan fingerprint density at radius 3 is 3.33 bits per heavy atom. The maximum absolute atomic E-state index is 4.97. The monoisotopic (exact) mass is 210 g/mol. The van der Waals surface area contributed by atoms with Gasteiger partial charge in [0.1, 0.15) is 0 Å². The molecule has 2 heterocycles. The molecule has 1 aliphatic rings. The predicted octanol–water partition coefficient (Wildman–Crippen LogP) is 0.296. The van der Waals surface area contributed by atoms with Crippen LogP contribution in [0.4, 0.5) is 0 Å². The molecule has 1 N–H and O–H groups in total. The lowest BCUT2D eigenvalue weighted by Gasteiger charge is -2.32. The summed E-state index contributed by atoms with van der Waals surface area (Å²) >= 11 is 0. The Bertz CT molecular complexity index is 275. The summed E-state index contributed by atoms with van der Waals surface area (Å²) in [6.45, 7) is 6.57. The highest BCUT2D eigenvalue weighted by molar-refractivity contribution is 4.81. The van der Waals surface area contributed by atoms with Gasteiger partial charge in [0.15, 0.2) is 6.33 Å². The third-order valence-electron chi connectivity index (χ3n) is 2.88. The van der Waals surface area contributed by atoms with Gasteiger partial charge in [0.25, 0.3) is 0 Å². The number of hydrogen-bond acceptors (Lipinski definition) is 5. The number of piperazine rings is 1. The summed E-state index contributed by atoms with van der Waals surface area (Å²) in [6.07, 6.45) is 3.51. The van der Waals surface area contributed by atoms with Gasteiger partial charge in [-0.05, 0) is 6.42 Å². The van der Waals surface area contributed by atoms with Gasteiger partial charge in [-0.2, -0.15) is 4.98 Å². The zero-order chi connectivity index (χ0) is 10.5. The standard InChI is InChI=1S/C10H18N4O/c1-2-9-7-14(6-4-11-9)5-3-10-12-8-13-15-10/h8-9,11H,2-7H2,1H3. The van der Waals surface area contributed by atoms with Crippen molar-refractivity contribution in [1.29, 1.82) is 0 Å². The molecule has 5 heteroatoms. The summed E-state index contributed by atoms with van der Waals surface area (Å²) in [5.74, 6) is 0.738. The number of aromatic nitrogens is 2. The zero-order valence-electron chi connectivity index (χ0n) is 9.15. The number of hydrogen-bond donors (Lipinski definition) is 1. The number of nitrogens with zero attached hydrogens (tertiary/aromatic N) is 3. The molecule has 1 unspecified atom stereocenters. The summed E-state index contributed by atoms with van der Waals surface area (Å²) in [7, 11) is 0. The van der Waals surface area contributed by atoms with E-state index in [0.29, 0.717) is 6.04 Å². The summed E-state index contributed by atoms with van der Waals surface area (Å²) in [5.41, 5.74) is 0. The van der Waals surface area contributed by atoms with E-state index in [1.54, 1.807) is 0 Å². The van der Waals surface area contributed by atoms with E-state index < -0.39 is 0 Å². The molecule has 0 amide bonds. The smallest absolute Gasteiger partial charge is 0.227 e. The van der Waals surface area contributed by atoms with Crippen LogP contribution in [0.3, 0.4) is 0 Å². The molecule has 1 saturated heterocycles. The van der Waals surface area contributed by atoms with Crippen LogP contribution in [0.25, 0.3) is 0 Å². The molecular formula is C10H18N4O. The Hall–Kier alpha value is -0.940. The number of nitrogens with one attached hydrogen (secondary N) is 1. The average Bonchev–Trinajstić information content (AvgIpc) is 2.79. The van der Waals surface area contributed by atoms with E-state index >= 15 is 0 Å². The van der Waals surface area contributed by atoms with Gasteiger partial charge in [-0.15, -0.1) is 0 Å². The molecular weight excluding hydrogens is 192 g/mol. The Kier molecular flexibility index (Phi) is 3.69. The molecule has 2 rings (SSSR count). The predicted molar refractivity (Wildman–Crippen MR) is 56.5 cm³/mol. The van der Waals surface area contributed by atoms with Gasteiger partial charge < -0.3 is 14.7 Å². The van der Waals surface area contributed by atoms with E-state index in [0.717, 1.165) is 38.5 Å². The van der Waals surface area contributed by atoms with Gasteiger partial charge in [0, 0.05) is 38.6 Å². The lowest BCUT2D eigenvalue weighted by molar-refractivity contribution is 0.193. The van der Waals surface area contributed by atoms with Crippen molar-refractivity contribution in [3.63, 3.8) is 0 Å². The largest absolute Gasteiger partial charge is 0.340 e. The molecule has 1 aliphatic heterocycles.